The van der Waals surface area contributed by atoms with Gasteiger partial charge in [0.25, 0.3) is 0 Å². The Bertz CT molecular complexity index is 69.5. The van der Waals surface area contributed by atoms with Crippen LogP contribution >= 0.6 is 12.4 Å². The molecule has 0 aromatic heterocycles. The third-order valence-electron chi connectivity index (χ3n) is 1.76. The lowest BCUT2D eigenvalue weighted by atomic mass is 9.98. The minimum absolute atomic E-state index is 0. The molecule has 1 aliphatic heterocycles. The fraction of sp³-hybridized carbons (Fsp3) is 1.00. The van der Waals surface area contributed by atoms with Gasteiger partial charge in [-0.3, -0.25) is 0 Å². The second-order valence-corrected chi connectivity index (χ2v) is 2.50. The monoisotopic (exact) mass is 151 g/mol. The number of hydrogen-bond acceptors (Lipinski definition) is 2. The molecule has 0 aromatic rings. The van der Waals surface area contributed by atoms with E-state index in [4.69, 9.17) is 10.5 Å². The molecular formula is C6H14ClNO. The van der Waals surface area contributed by atoms with Crippen LogP contribution in [0, 0.1) is 5.92 Å². The summed E-state index contributed by atoms with van der Waals surface area (Å²) in [5.41, 5.74) is 5.65. The van der Waals surface area contributed by atoms with Crippen molar-refractivity contribution >= 4 is 12.4 Å². The highest BCUT2D eigenvalue weighted by Crippen LogP contribution is 2.11. The van der Waals surface area contributed by atoms with E-state index in [0.29, 0.717) is 5.92 Å². The van der Waals surface area contributed by atoms with Crippen LogP contribution < -0.4 is 5.73 Å². The highest BCUT2D eigenvalue weighted by molar-refractivity contribution is 5.85. The molecule has 2 atom stereocenters. The summed E-state index contributed by atoms with van der Waals surface area (Å²) < 4.78 is 5.13. The Morgan fingerprint density at radius 2 is 2.22 bits per heavy atom. The molecule has 0 bridgehead atoms. The molecule has 0 amide bonds. The largest absolute Gasteiger partial charge is 0.380 e. The number of ether oxygens (including phenoxy) is 1. The van der Waals surface area contributed by atoms with E-state index in [9.17, 15) is 0 Å². The molecular weight excluding hydrogens is 138 g/mol. The van der Waals surface area contributed by atoms with Crippen LogP contribution in [0.5, 0.6) is 0 Å². The lowest BCUT2D eigenvalue weighted by molar-refractivity contribution is 0.0546. The van der Waals surface area contributed by atoms with Crippen molar-refractivity contribution in [2.75, 3.05) is 13.2 Å². The van der Waals surface area contributed by atoms with Crippen LogP contribution in [0.25, 0.3) is 0 Å². The number of rotatable bonds is 0. The SMILES string of the molecule is C[C@@H]1CCOC[C@@H]1N.Cl. The molecule has 0 saturated carbocycles. The fourth-order valence-corrected chi connectivity index (χ4v) is 0.867. The second-order valence-electron chi connectivity index (χ2n) is 2.50. The van der Waals surface area contributed by atoms with Crippen LogP contribution in [0.1, 0.15) is 13.3 Å². The first-order chi connectivity index (χ1) is 3.80. The van der Waals surface area contributed by atoms with Gasteiger partial charge in [-0.05, 0) is 12.3 Å². The smallest absolute Gasteiger partial charge is 0.0620 e. The van der Waals surface area contributed by atoms with E-state index in [2.05, 4.69) is 6.92 Å². The van der Waals surface area contributed by atoms with Gasteiger partial charge in [0.05, 0.1) is 6.61 Å². The van der Waals surface area contributed by atoms with E-state index >= 15 is 0 Å². The summed E-state index contributed by atoms with van der Waals surface area (Å²) in [7, 11) is 0. The van der Waals surface area contributed by atoms with E-state index in [1.807, 2.05) is 0 Å². The standard InChI is InChI=1S/C6H13NO.ClH/c1-5-2-3-8-4-6(5)7;/h5-6H,2-4,7H2,1H3;1H/t5-,6+;/m1./s1. The first-order valence-corrected chi connectivity index (χ1v) is 3.14. The van der Waals surface area contributed by atoms with Crippen molar-refractivity contribution in [2.24, 2.45) is 11.7 Å². The molecule has 1 fully saturated rings. The van der Waals surface area contributed by atoms with Gasteiger partial charge < -0.3 is 10.5 Å². The summed E-state index contributed by atoms with van der Waals surface area (Å²) in [5, 5.41) is 0. The minimum Gasteiger partial charge on any atom is -0.380 e. The predicted octanol–water partition coefficient (Wildman–Crippen LogP) is 0.792. The number of nitrogens with two attached hydrogens (primary N) is 1. The topological polar surface area (TPSA) is 35.2 Å². The molecule has 1 saturated heterocycles. The summed E-state index contributed by atoms with van der Waals surface area (Å²) in [6.07, 6.45) is 1.13. The van der Waals surface area contributed by atoms with E-state index in [-0.39, 0.29) is 18.4 Å². The molecule has 0 aliphatic carbocycles. The van der Waals surface area contributed by atoms with Crippen molar-refractivity contribution in [1.82, 2.24) is 0 Å². The second kappa shape index (κ2) is 4.09. The van der Waals surface area contributed by atoms with Gasteiger partial charge in [-0.2, -0.15) is 0 Å². The van der Waals surface area contributed by atoms with Gasteiger partial charge in [-0.25, -0.2) is 0 Å². The van der Waals surface area contributed by atoms with Gasteiger partial charge in [-0.15, -0.1) is 12.4 Å². The van der Waals surface area contributed by atoms with Crippen molar-refractivity contribution in [2.45, 2.75) is 19.4 Å². The van der Waals surface area contributed by atoms with Crippen molar-refractivity contribution in [3.8, 4) is 0 Å². The molecule has 2 nitrogen and oxygen atoms in total. The Morgan fingerprint density at radius 3 is 2.56 bits per heavy atom. The van der Waals surface area contributed by atoms with Gasteiger partial charge in [0, 0.05) is 12.6 Å². The first kappa shape index (κ1) is 9.21. The highest BCUT2D eigenvalue weighted by Gasteiger charge is 2.16. The Labute approximate surface area is 62.2 Å². The molecule has 1 heterocycles. The fourth-order valence-electron chi connectivity index (χ4n) is 0.867. The molecule has 0 unspecified atom stereocenters. The van der Waals surface area contributed by atoms with Crippen LogP contribution in [0.4, 0.5) is 0 Å². The van der Waals surface area contributed by atoms with Crippen molar-refractivity contribution in [1.29, 1.82) is 0 Å². The zero-order valence-electron chi connectivity index (χ0n) is 5.67. The molecule has 9 heavy (non-hydrogen) atoms. The Balaban J connectivity index is 0.000000640. The van der Waals surface area contributed by atoms with Gasteiger partial charge in [-0.1, -0.05) is 6.92 Å². The van der Waals surface area contributed by atoms with E-state index in [1.54, 1.807) is 0 Å². The average molecular weight is 152 g/mol. The molecule has 1 aliphatic rings. The first-order valence-electron chi connectivity index (χ1n) is 3.14. The predicted molar refractivity (Wildman–Crippen MR) is 39.8 cm³/mol. The van der Waals surface area contributed by atoms with Crippen LogP contribution in [0.2, 0.25) is 0 Å². The molecule has 2 N–H and O–H groups in total. The van der Waals surface area contributed by atoms with E-state index < -0.39 is 0 Å². The lowest BCUT2D eigenvalue weighted by Gasteiger charge is -2.24. The van der Waals surface area contributed by atoms with Gasteiger partial charge in [0.15, 0.2) is 0 Å². The summed E-state index contributed by atoms with van der Waals surface area (Å²) in [6.45, 7) is 3.82. The quantitative estimate of drug-likeness (QED) is 0.556. The third kappa shape index (κ3) is 2.52. The molecule has 56 valence electrons. The average Bonchev–Trinajstić information content (AvgIpc) is 1.77. The molecule has 0 spiro atoms. The van der Waals surface area contributed by atoms with E-state index in [0.717, 1.165) is 19.6 Å². The van der Waals surface area contributed by atoms with E-state index in [1.165, 1.54) is 0 Å². The van der Waals surface area contributed by atoms with Crippen molar-refractivity contribution < 1.29 is 4.74 Å². The van der Waals surface area contributed by atoms with Crippen LogP contribution in [-0.4, -0.2) is 19.3 Å². The normalized spacial score (nSPS) is 35.3. The molecule has 0 radical (unpaired) electrons. The Kier molecular flexibility index (Phi) is 4.19. The molecule has 0 aromatic carbocycles. The lowest BCUT2D eigenvalue weighted by Crippen LogP contribution is -2.37. The van der Waals surface area contributed by atoms with Crippen molar-refractivity contribution in [3.63, 3.8) is 0 Å². The minimum atomic E-state index is 0. The summed E-state index contributed by atoms with van der Waals surface area (Å²) in [4.78, 5) is 0. The molecule has 3 heteroatoms. The maximum absolute atomic E-state index is 5.65. The Hall–Kier alpha value is 0.210. The van der Waals surface area contributed by atoms with Crippen LogP contribution in [0.3, 0.4) is 0 Å². The maximum atomic E-state index is 5.65. The Morgan fingerprint density at radius 1 is 1.56 bits per heavy atom. The summed E-state index contributed by atoms with van der Waals surface area (Å²) >= 11 is 0. The number of halogens is 1. The van der Waals surface area contributed by atoms with Crippen LogP contribution in [0.15, 0.2) is 0 Å². The zero-order chi connectivity index (χ0) is 5.98. The summed E-state index contributed by atoms with van der Waals surface area (Å²) in [5.74, 6) is 0.656. The highest BCUT2D eigenvalue weighted by atomic mass is 35.5. The van der Waals surface area contributed by atoms with Gasteiger partial charge in [0.2, 0.25) is 0 Å². The van der Waals surface area contributed by atoms with Gasteiger partial charge in [0.1, 0.15) is 0 Å². The van der Waals surface area contributed by atoms with Crippen LogP contribution in [-0.2, 0) is 4.74 Å². The molecule has 1 rings (SSSR count). The van der Waals surface area contributed by atoms with Crippen molar-refractivity contribution in [3.05, 3.63) is 0 Å². The summed E-state index contributed by atoms with van der Waals surface area (Å²) in [6, 6.07) is 0.281. The number of hydrogen-bond donors (Lipinski definition) is 1. The third-order valence-corrected chi connectivity index (χ3v) is 1.76. The van der Waals surface area contributed by atoms with Gasteiger partial charge >= 0.3 is 0 Å². The maximum Gasteiger partial charge on any atom is 0.0620 e. The zero-order valence-corrected chi connectivity index (χ0v) is 6.49.